The van der Waals surface area contributed by atoms with Crippen LogP contribution in [0.4, 0.5) is 0 Å². The number of nitrogens with zero attached hydrogens (tertiary/aromatic N) is 1. The summed E-state index contributed by atoms with van der Waals surface area (Å²) >= 11 is 3.34. The summed E-state index contributed by atoms with van der Waals surface area (Å²) in [6, 6.07) is 7.17. The van der Waals surface area contributed by atoms with Gasteiger partial charge in [0.25, 0.3) is 5.91 Å². The first kappa shape index (κ1) is 10.7. The number of amides is 1. The standard InChI is InChI=1S/C10H9BrN2O/c1-7-2-3-8(6-9(7)11)10(14)13-5-4-12/h2-3,6H,5H2,1H3,(H,13,14). The summed E-state index contributed by atoms with van der Waals surface area (Å²) in [4.78, 5) is 11.4. The Morgan fingerprint density at radius 3 is 2.93 bits per heavy atom. The molecule has 0 fully saturated rings. The number of halogens is 1. The van der Waals surface area contributed by atoms with Gasteiger partial charge < -0.3 is 5.32 Å². The molecule has 0 aromatic heterocycles. The molecule has 0 spiro atoms. The normalized spacial score (nSPS) is 9.21. The number of nitriles is 1. The number of carbonyl (C=O) groups excluding carboxylic acids is 1. The lowest BCUT2D eigenvalue weighted by Gasteiger charge is -2.03. The number of hydrogen-bond donors (Lipinski definition) is 1. The predicted octanol–water partition coefficient (Wildman–Crippen LogP) is 2.01. The molecule has 3 nitrogen and oxygen atoms in total. The van der Waals surface area contributed by atoms with Gasteiger partial charge in [-0.25, -0.2) is 0 Å². The highest BCUT2D eigenvalue weighted by Gasteiger charge is 2.05. The Morgan fingerprint density at radius 2 is 2.36 bits per heavy atom. The molecule has 0 radical (unpaired) electrons. The van der Waals surface area contributed by atoms with Crippen LogP contribution in [0.5, 0.6) is 0 Å². The first-order chi connectivity index (χ1) is 6.65. The topological polar surface area (TPSA) is 52.9 Å². The monoisotopic (exact) mass is 252 g/mol. The Bertz CT molecular complexity index is 396. The van der Waals surface area contributed by atoms with Gasteiger partial charge in [-0.05, 0) is 24.6 Å². The van der Waals surface area contributed by atoms with Gasteiger partial charge >= 0.3 is 0 Å². The van der Waals surface area contributed by atoms with Gasteiger partial charge in [0.1, 0.15) is 6.54 Å². The van der Waals surface area contributed by atoms with Gasteiger partial charge in [-0.3, -0.25) is 4.79 Å². The van der Waals surface area contributed by atoms with Crippen molar-refractivity contribution in [3.63, 3.8) is 0 Å². The lowest BCUT2D eigenvalue weighted by atomic mass is 10.1. The maximum absolute atomic E-state index is 11.4. The van der Waals surface area contributed by atoms with Gasteiger partial charge in [0.2, 0.25) is 0 Å². The molecule has 72 valence electrons. The molecule has 0 saturated heterocycles. The maximum atomic E-state index is 11.4. The Hall–Kier alpha value is -1.34. The van der Waals surface area contributed by atoms with Crippen LogP contribution in [-0.4, -0.2) is 12.5 Å². The van der Waals surface area contributed by atoms with Crippen molar-refractivity contribution in [2.24, 2.45) is 0 Å². The molecule has 0 heterocycles. The van der Waals surface area contributed by atoms with Gasteiger partial charge in [0.15, 0.2) is 0 Å². The van der Waals surface area contributed by atoms with E-state index in [0.29, 0.717) is 5.56 Å². The maximum Gasteiger partial charge on any atom is 0.252 e. The molecule has 1 amide bonds. The van der Waals surface area contributed by atoms with Crippen LogP contribution in [-0.2, 0) is 0 Å². The molecule has 0 aliphatic rings. The third kappa shape index (κ3) is 2.57. The van der Waals surface area contributed by atoms with Crippen molar-refractivity contribution in [2.45, 2.75) is 6.92 Å². The van der Waals surface area contributed by atoms with Gasteiger partial charge in [0.05, 0.1) is 6.07 Å². The Balaban J connectivity index is 2.82. The molecule has 0 saturated carbocycles. The Labute approximate surface area is 90.9 Å². The fraction of sp³-hybridized carbons (Fsp3) is 0.200. The second-order valence-electron chi connectivity index (χ2n) is 2.80. The smallest absolute Gasteiger partial charge is 0.252 e. The Morgan fingerprint density at radius 1 is 1.64 bits per heavy atom. The van der Waals surface area contributed by atoms with E-state index < -0.39 is 0 Å². The first-order valence-electron chi connectivity index (χ1n) is 4.06. The number of benzene rings is 1. The Kier molecular flexibility index (Phi) is 3.66. The molecule has 0 aliphatic heterocycles. The van der Waals surface area contributed by atoms with Crippen LogP contribution >= 0.6 is 15.9 Å². The number of carbonyl (C=O) groups is 1. The van der Waals surface area contributed by atoms with Crippen LogP contribution in [0, 0.1) is 18.3 Å². The average Bonchev–Trinajstić information content (AvgIpc) is 2.18. The summed E-state index contributed by atoms with van der Waals surface area (Å²) < 4.78 is 0.891. The molecule has 4 heteroatoms. The summed E-state index contributed by atoms with van der Waals surface area (Å²) in [5, 5.41) is 10.8. The second kappa shape index (κ2) is 4.77. The van der Waals surface area contributed by atoms with Crippen molar-refractivity contribution in [3.8, 4) is 6.07 Å². The first-order valence-corrected chi connectivity index (χ1v) is 4.85. The molecule has 0 atom stereocenters. The number of aryl methyl sites for hydroxylation is 1. The summed E-state index contributed by atoms with van der Waals surface area (Å²) in [5.41, 5.74) is 1.62. The van der Waals surface area contributed by atoms with Crippen molar-refractivity contribution in [1.29, 1.82) is 5.26 Å². The van der Waals surface area contributed by atoms with Crippen molar-refractivity contribution in [1.82, 2.24) is 5.32 Å². The molecule has 0 aliphatic carbocycles. The van der Waals surface area contributed by atoms with E-state index in [4.69, 9.17) is 5.26 Å². The van der Waals surface area contributed by atoms with E-state index in [0.717, 1.165) is 10.0 Å². The van der Waals surface area contributed by atoms with Crippen LogP contribution in [0.3, 0.4) is 0 Å². The van der Waals surface area contributed by atoms with E-state index in [1.54, 1.807) is 12.1 Å². The molecule has 1 aromatic rings. The molecule has 1 N–H and O–H groups in total. The average molecular weight is 253 g/mol. The number of hydrogen-bond acceptors (Lipinski definition) is 2. The highest BCUT2D eigenvalue weighted by Crippen LogP contribution is 2.17. The minimum absolute atomic E-state index is 0.0321. The van der Waals surface area contributed by atoms with Gasteiger partial charge in [-0.1, -0.05) is 22.0 Å². The van der Waals surface area contributed by atoms with E-state index in [1.165, 1.54) is 0 Å². The zero-order valence-corrected chi connectivity index (χ0v) is 9.26. The highest BCUT2D eigenvalue weighted by molar-refractivity contribution is 9.10. The van der Waals surface area contributed by atoms with Crippen molar-refractivity contribution >= 4 is 21.8 Å². The lowest BCUT2D eigenvalue weighted by Crippen LogP contribution is -2.23. The SMILES string of the molecule is Cc1ccc(C(=O)NCC#N)cc1Br. The van der Waals surface area contributed by atoms with Crippen molar-refractivity contribution < 1.29 is 4.79 Å². The zero-order chi connectivity index (χ0) is 10.6. The minimum Gasteiger partial charge on any atom is -0.339 e. The van der Waals surface area contributed by atoms with Gasteiger partial charge in [-0.2, -0.15) is 5.26 Å². The zero-order valence-electron chi connectivity index (χ0n) is 7.67. The third-order valence-corrected chi connectivity index (χ3v) is 2.62. The van der Waals surface area contributed by atoms with E-state index in [-0.39, 0.29) is 12.5 Å². The molecule has 0 bridgehead atoms. The fourth-order valence-corrected chi connectivity index (χ4v) is 1.33. The van der Waals surface area contributed by atoms with Crippen LogP contribution in [0.25, 0.3) is 0 Å². The fourth-order valence-electron chi connectivity index (χ4n) is 0.956. The van der Waals surface area contributed by atoms with Crippen LogP contribution in [0.15, 0.2) is 22.7 Å². The number of rotatable bonds is 2. The summed E-state index contributed by atoms with van der Waals surface area (Å²) in [6.45, 7) is 1.98. The quantitative estimate of drug-likeness (QED) is 0.819. The summed E-state index contributed by atoms with van der Waals surface area (Å²) in [7, 11) is 0. The van der Waals surface area contributed by atoms with Gasteiger partial charge in [0, 0.05) is 10.0 Å². The van der Waals surface area contributed by atoms with Gasteiger partial charge in [-0.15, -0.1) is 0 Å². The highest BCUT2D eigenvalue weighted by atomic mass is 79.9. The molecular formula is C10H9BrN2O. The van der Waals surface area contributed by atoms with Crippen molar-refractivity contribution in [3.05, 3.63) is 33.8 Å². The summed E-state index contributed by atoms with van der Waals surface area (Å²) in [6.07, 6.45) is 0. The minimum atomic E-state index is -0.229. The molecule has 0 unspecified atom stereocenters. The second-order valence-corrected chi connectivity index (χ2v) is 3.66. The summed E-state index contributed by atoms with van der Waals surface area (Å²) in [5.74, 6) is -0.229. The van der Waals surface area contributed by atoms with E-state index in [9.17, 15) is 4.79 Å². The molecule has 14 heavy (non-hydrogen) atoms. The largest absolute Gasteiger partial charge is 0.339 e. The number of nitrogens with one attached hydrogen (secondary N) is 1. The van der Waals surface area contributed by atoms with Crippen LogP contribution < -0.4 is 5.32 Å². The molecule has 1 aromatic carbocycles. The predicted molar refractivity (Wildman–Crippen MR) is 56.8 cm³/mol. The van der Waals surface area contributed by atoms with E-state index in [2.05, 4.69) is 21.2 Å². The van der Waals surface area contributed by atoms with Crippen LogP contribution in [0.1, 0.15) is 15.9 Å². The lowest BCUT2D eigenvalue weighted by molar-refractivity contribution is 0.0958. The van der Waals surface area contributed by atoms with Crippen molar-refractivity contribution in [2.75, 3.05) is 6.54 Å². The van der Waals surface area contributed by atoms with Crippen LogP contribution in [0.2, 0.25) is 0 Å². The molecule has 1 rings (SSSR count). The van der Waals surface area contributed by atoms with E-state index in [1.807, 2.05) is 19.1 Å². The van der Waals surface area contributed by atoms with E-state index >= 15 is 0 Å². The third-order valence-electron chi connectivity index (χ3n) is 1.76. The molecular weight excluding hydrogens is 244 g/mol.